The van der Waals surface area contributed by atoms with Crippen LogP contribution < -0.4 is 0 Å². The second-order valence-electron chi connectivity index (χ2n) is 9.25. The highest BCUT2D eigenvalue weighted by Crippen LogP contribution is 2.39. The average molecular weight is 509 g/mol. The molecule has 12 heteroatoms. The summed E-state index contributed by atoms with van der Waals surface area (Å²) >= 11 is 6.32. The fourth-order valence-electron chi connectivity index (χ4n) is 5.43. The molecule has 2 aliphatic heterocycles. The van der Waals surface area contributed by atoms with E-state index in [2.05, 4.69) is 30.3 Å². The van der Waals surface area contributed by atoms with Crippen LogP contribution in [0.5, 0.6) is 0 Å². The molecule has 2 saturated heterocycles. The molecule has 0 spiro atoms. The molecule has 0 bridgehead atoms. The Bertz CT molecular complexity index is 1360. The molecule has 10 nitrogen and oxygen atoms in total. The lowest BCUT2D eigenvalue weighted by Gasteiger charge is -2.46. The van der Waals surface area contributed by atoms with Gasteiger partial charge in [0.1, 0.15) is 12.1 Å². The number of hydrogen-bond acceptors (Lipinski definition) is 7. The van der Waals surface area contributed by atoms with Crippen molar-refractivity contribution in [3.8, 4) is 5.82 Å². The van der Waals surface area contributed by atoms with Crippen LogP contribution in [-0.4, -0.2) is 79.7 Å². The van der Waals surface area contributed by atoms with Crippen LogP contribution in [0.25, 0.3) is 10.7 Å². The molecule has 1 amide bonds. The van der Waals surface area contributed by atoms with Gasteiger partial charge in [-0.05, 0) is 52.1 Å². The largest absolute Gasteiger partial charge is 0.370 e. The van der Waals surface area contributed by atoms with Crippen molar-refractivity contribution >= 4 is 23.2 Å². The van der Waals surface area contributed by atoms with Crippen LogP contribution in [0.2, 0.25) is 5.02 Å². The number of rotatable bonds is 3. The first-order valence-corrected chi connectivity index (χ1v) is 12.1. The van der Waals surface area contributed by atoms with Gasteiger partial charge in [-0.25, -0.2) is 14.2 Å². The van der Waals surface area contributed by atoms with Gasteiger partial charge in [-0.3, -0.25) is 9.69 Å². The summed E-state index contributed by atoms with van der Waals surface area (Å²) in [6, 6.07) is 4.87. The SMILES string of the molecule is [C-]#[N+]c1c(F)ccc([C@@H]2CN3CCN(C(=O)C4CCc5cc(-n6cnnn6)ncc54)C[C@H]3CO2)c1Cl. The van der Waals surface area contributed by atoms with Crippen LogP contribution in [-0.2, 0) is 16.0 Å². The molecule has 36 heavy (non-hydrogen) atoms. The van der Waals surface area contributed by atoms with E-state index in [1.165, 1.54) is 17.1 Å². The van der Waals surface area contributed by atoms with Gasteiger partial charge in [-0.1, -0.05) is 17.7 Å². The lowest BCUT2D eigenvalue weighted by atomic mass is 9.99. The Morgan fingerprint density at radius 3 is 2.94 bits per heavy atom. The zero-order valence-corrected chi connectivity index (χ0v) is 20.0. The Balaban J connectivity index is 1.12. The maximum atomic E-state index is 13.9. The summed E-state index contributed by atoms with van der Waals surface area (Å²) in [7, 11) is 0. The Morgan fingerprint density at radius 2 is 2.14 bits per heavy atom. The van der Waals surface area contributed by atoms with E-state index in [-0.39, 0.29) is 34.7 Å². The van der Waals surface area contributed by atoms with E-state index < -0.39 is 5.82 Å². The van der Waals surface area contributed by atoms with E-state index in [0.29, 0.717) is 44.2 Å². The number of morpholine rings is 1. The summed E-state index contributed by atoms with van der Waals surface area (Å²) in [5, 5.41) is 11.3. The molecular weight excluding hydrogens is 487 g/mol. The van der Waals surface area contributed by atoms with Crippen molar-refractivity contribution in [2.45, 2.75) is 30.9 Å². The molecule has 2 aromatic heterocycles. The number of nitrogens with zero attached hydrogens (tertiary/aromatic N) is 8. The second kappa shape index (κ2) is 9.20. The highest BCUT2D eigenvalue weighted by molar-refractivity contribution is 6.34. The highest BCUT2D eigenvalue weighted by Gasteiger charge is 2.39. The van der Waals surface area contributed by atoms with Gasteiger partial charge in [0.25, 0.3) is 0 Å². The Kier molecular flexibility index (Phi) is 5.87. The van der Waals surface area contributed by atoms with E-state index in [9.17, 15) is 9.18 Å². The van der Waals surface area contributed by atoms with Crippen LogP contribution in [0, 0.1) is 12.4 Å². The predicted octanol–water partition coefficient (Wildman–Crippen LogP) is 2.71. The van der Waals surface area contributed by atoms with E-state index >= 15 is 0 Å². The normalized spacial score (nSPS) is 23.7. The lowest BCUT2D eigenvalue weighted by Crippen LogP contribution is -2.60. The summed E-state index contributed by atoms with van der Waals surface area (Å²) in [6.07, 6.45) is 4.49. The summed E-state index contributed by atoms with van der Waals surface area (Å²) in [5.74, 6) is -0.0749. The number of pyridine rings is 1. The molecule has 184 valence electrons. The molecular formula is C24H22ClFN8O2. The summed E-state index contributed by atoms with van der Waals surface area (Å²) < 4.78 is 21.5. The molecule has 0 saturated carbocycles. The summed E-state index contributed by atoms with van der Waals surface area (Å²) in [5.41, 5.74) is 2.52. The zero-order valence-electron chi connectivity index (χ0n) is 19.2. The number of aromatic nitrogens is 5. The van der Waals surface area contributed by atoms with Crippen LogP contribution in [0.3, 0.4) is 0 Å². The number of halogens is 2. The van der Waals surface area contributed by atoms with Crippen molar-refractivity contribution in [3.05, 3.63) is 69.7 Å². The smallest absolute Gasteiger partial charge is 0.240 e. The fourth-order valence-corrected chi connectivity index (χ4v) is 5.75. The van der Waals surface area contributed by atoms with Crippen LogP contribution >= 0.6 is 11.6 Å². The Labute approximate surface area is 211 Å². The monoisotopic (exact) mass is 508 g/mol. The molecule has 1 aliphatic carbocycles. The van der Waals surface area contributed by atoms with Gasteiger partial charge in [0.15, 0.2) is 5.82 Å². The summed E-state index contributed by atoms with van der Waals surface area (Å²) in [4.78, 5) is 25.4. The van der Waals surface area contributed by atoms with Gasteiger partial charge in [-0.2, -0.15) is 4.68 Å². The molecule has 3 aromatic rings. The zero-order chi connectivity index (χ0) is 24.8. The Hall–Kier alpha value is -3.46. The third-order valence-electron chi connectivity index (χ3n) is 7.33. The predicted molar refractivity (Wildman–Crippen MR) is 126 cm³/mol. The van der Waals surface area contributed by atoms with Gasteiger partial charge in [0.2, 0.25) is 11.6 Å². The molecule has 0 radical (unpaired) electrons. The van der Waals surface area contributed by atoms with Gasteiger partial charge in [0, 0.05) is 32.4 Å². The first kappa shape index (κ1) is 23.0. The van der Waals surface area contributed by atoms with E-state index in [0.717, 1.165) is 24.0 Å². The van der Waals surface area contributed by atoms with Crippen molar-refractivity contribution in [1.29, 1.82) is 0 Å². The van der Waals surface area contributed by atoms with Crippen LogP contribution in [0.1, 0.15) is 35.1 Å². The molecule has 3 atom stereocenters. The number of carbonyl (C=O) groups is 1. The number of carbonyl (C=O) groups excluding carboxylic acids is 1. The van der Waals surface area contributed by atoms with Crippen LogP contribution in [0.4, 0.5) is 10.1 Å². The van der Waals surface area contributed by atoms with E-state index in [1.807, 2.05) is 11.0 Å². The summed E-state index contributed by atoms with van der Waals surface area (Å²) in [6.45, 7) is 10.1. The van der Waals surface area contributed by atoms with Crippen molar-refractivity contribution in [3.63, 3.8) is 0 Å². The number of fused-ring (bicyclic) bond motifs is 2. The number of benzene rings is 1. The minimum Gasteiger partial charge on any atom is -0.370 e. The standard InChI is InChI=1S/C24H22ClFN8O2/c1-27-23-19(26)5-4-17(22(23)25)20-11-32-6-7-33(10-15(32)12-36-20)24(35)16-3-2-14-8-21(28-9-18(14)16)34-13-29-30-31-34/h4-5,8-9,13,15-16,20H,2-3,6-7,10-12H2/t15-,16?,20-/m0/s1. The molecule has 2 fully saturated rings. The molecule has 1 unspecified atom stereocenters. The van der Waals surface area contributed by atoms with Gasteiger partial charge in [-0.15, -0.1) is 5.10 Å². The maximum absolute atomic E-state index is 13.9. The lowest BCUT2D eigenvalue weighted by molar-refractivity contribution is -0.141. The first-order chi connectivity index (χ1) is 17.5. The average Bonchev–Trinajstić information content (AvgIpc) is 3.58. The molecule has 1 aromatic carbocycles. The van der Waals surface area contributed by atoms with Gasteiger partial charge in [0.05, 0.1) is 36.3 Å². The number of ether oxygens (including phenoxy) is 1. The topological polar surface area (TPSA) is 93.6 Å². The number of piperazine rings is 1. The number of aryl methyl sites for hydroxylation is 1. The van der Waals surface area contributed by atoms with Crippen molar-refractivity contribution < 1.29 is 13.9 Å². The first-order valence-electron chi connectivity index (χ1n) is 11.8. The minimum absolute atomic E-state index is 0.0692. The third kappa shape index (κ3) is 3.91. The van der Waals surface area contributed by atoms with Crippen LogP contribution in [0.15, 0.2) is 30.7 Å². The molecule has 3 aliphatic rings. The number of hydrogen-bond donors (Lipinski definition) is 0. The quantitative estimate of drug-likeness (QED) is 0.502. The molecule has 6 rings (SSSR count). The number of tetrazole rings is 1. The minimum atomic E-state index is -0.630. The van der Waals surface area contributed by atoms with E-state index in [4.69, 9.17) is 22.9 Å². The van der Waals surface area contributed by atoms with Gasteiger partial charge < -0.3 is 9.64 Å². The highest BCUT2D eigenvalue weighted by atomic mass is 35.5. The van der Waals surface area contributed by atoms with Gasteiger partial charge >= 0.3 is 0 Å². The Morgan fingerprint density at radius 1 is 1.25 bits per heavy atom. The molecule has 4 heterocycles. The van der Waals surface area contributed by atoms with Crippen molar-refractivity contribution in [1.82, 2.24) is 35.0 Å². The maximum Gasteiger partial charge on any atom is 0.240 e. The van der Waals surface area contributed by atoms with E-state index in [1.54, 1.807) is 12.3 Å². The third-order valence-corrected chi connectivity index (χ3v) is 7.73. The van der Waals surface area contributed by atoms with Crippen molar-refractivity contribution in [2.24, 2.45) is 0 Å². The second-order valence-corrected chi connectivity index (χ2v) is 9.63. The number of amides is 1. The van der Waals surface area contributed by atoms with Crippen molar-refractivity contribution in [2.75, 3.05) is 32.8 Å². The fraction of sp³-hybridized carbons (Fsp3) is 0.417. The molecule has 0 N–H and O–H groups in total.